The minimum atomic E-state index is -0.149. The Balaban J connectivity index is 1.52. The largest absolute Gasteiger partial charge is 0.497 e. The minimum absolute atomic E-state index is 0.00372. The third-order valence-corrected chi connectivity index (χ3v) is 3.96. The summed E-state index contributed by atoms with van der Waals surface area (Å²) in [6, 6.07) is 15.1. The highest BCUT2D eigenvalue weighted by Gasteiger charge is 2.09. The molecule has 0 fully saturated rings. The quantitative estimate of drug-likeness (QED) is 0.717. The molecule has 3 rings (SSSR count). The molecule has 25 heavy (non-hydrogen) atoms. The molecule has 1 heterocycles. The summed E-state index contributed by atoms with van der Waals surface area (Å²) in [5.41, 5.74) is 1.92. The van der Waals surface area contributed by atoms with Crippen LogP contribution >= 0.6 is 0 Å². The van der Waals surface area contributed by atoms with Gasteiger partial charge in [-0.15, -0.1) is 0 Å². The molecule has 0 saturated heterocycles. The van der Waals surface area contributed by atoms with Crippen molar-refractivity contribution in [2.24, 2.45) is 7.05 Å². The molecule has 0 aliphatic heterocycles. The lowest BCUT2D eigenvalue weighted by Gasteiger charge is -2.07. The molecule has 0 bridgehead atoms. The molecule has 130 valence electrons. The topological polar surface area (TPSA) is 65.4 Å². The first-order valence-corrected chi connectivity index (χ1v) is 8.11. The number of hydrogen-bond acceptors (Lipinski definition) is 4. The highest BCUT2D eigenvalue weighted by Crippen LogP contribution is 2.20. The second kappa shape index (κ2) is 7.70. The molecule has 0 saturated carbocycles. The number of nitrogens with zero attached hydrogens (tertiary/aromatic N) is 2. The van der Waals surface area contributed by atoms with E-state index in [9.17, 15) is 4.79 Å². The summed E-state index contributed by atoms with van der Waals surface area (Å²) in [6.45, 7) is 0.509. The van der Waals surface area contributed by atoms with E-state index in [-0.39, 0.29) is 12.5 Å². The van der Waals surface area contributed by atoms with Crippen LogP contribution < -0.4 is 14.8 Å². The summed E-state index contributed by atoms with van der Waals surface area (Å²) >= 11 is 0. The summed E-state index contributed by atoms with van der Waals surface area (Å²) in [5, 5.41) is 2.85. The van der Waals surface area contributed by atoms with E-state index in [4.69, 9.17) is 9.47 Å². The summed E-state index contributed by atoms with van der Waals surface area (Å²) in [6.07, 6.45) is 0.643. The zero-order valence-corrected chi connectivity index (χ0v) is 14.4. The predicted octanol–water partition coefficient (Wildman–Crippen LogP) is 2.32. The fraction of sp³-hybridized carbons (Fsp3) is 0.263. The van der Waals surface area contributed by atoms with Gasteiger partial charge in [0.2, 0.25) is 0 Å². The highest BCUT2D eigenvalue weighted by atomic mass is 16.5. The van der Waals surface area contributed by atoms with E-state index in [2.05, 4.69) is 10.3 Å². The second-order valence-electron chi connectivity index (χ2n) is 5.64. The Kier molecular flexibility index (Phi) is 5.18. The van der Waals surface area contributed by atoms with Crippen LogP contribution in [0.3, 0.4) is 0 Å². The zero-order valence-electron chi connectivity index (χ0n) is 14.4. The van der Waals surface area contributed by atoms with Gasteiger partial charge in [-0.1, -0.05) is 18.2 Å². The van der Waals surface area contributed by atoms with Gasteiger partial charge in [0.1, 0.15) is 17.3 Å². The van der Waals surface area contributed by atoms with Crippen LogP contribution in [0.5, 0.6) is 11.5 Å². The van der Waals surface area contributed by atoms with Crippen LogP contribution in [-0.4, -0.2) is 35.7 Å². The Morgan fingerprint density at radius 2 is 1.96 bits per heavy atom. The van der Waals surface area contributed by atoms with Crippen molar-refractivity contribution in [2.75, 3.05) is 20.3 Å². The minimum Gasteiger partial charge on any atom is -0.497 e. The van der Waals surface area contributed by atoms with Crippen LogP contribution in [0.2, 0.25) is 0 Å². The van der Waals surface area contributed by atoms with Gasteiger partial charge in [-0.3, -0.25) is 4.79 Å². The number of carbonyl (C=O) groups excluding carboxylic acids is 1. The van der Waals surface area contributed by atoms with Gasteiger partial charge in [0.05, 0.1) is 18.1 Å². The highest BCUT2D eigenvalue weighted by molar-refractivity contribution is 5.78. The van der Waals surface area contributed by atoms with Gasteiger partial charge in [0.25, 0.3) is 5.91 Å². The summed E-state index contributed by atoms with van der Waals surface area (Å²) in [7, 11) is 3.61. The number of imidazole rings is 1. The van der Waals surface area contributed by atoms with Gasteiger partial charge >= 0.3 is 0 Å². The van der Waals surface area contributed by atoms with Crippen molar-refractivity contribution >= 4 is 16.9 Å². The number of benzene rings is 2. The molecule has 6 heteroatoms. The van der Waals surface area contributed by atoms with Crippen molar-refractivity contribution < 1.29 is 14.3 Å². The van der Waals surface area contributed by atoms with E-state index in [1.807, 2.05) is 60.1 Å². The van der Waals surface area contributed by atoms with E-state index >= 15 is 0 Å². The maximum Gasteiger partial charge on any atom is 0.257 e. The van der Waals surface area contributed by atoms with Crippen LogP contribution in [-0.2, 0) is 18.3 Å². The number of aryl methyl sites for hydroxylation is 1. The first-order chi connectivity index (χ1) is 12.2. The van der Waals surface area contributed by atoms with Crippen molar-refractivity contribution in [2.45, 2.75) is 6.42 Å². The molecule has 0 aliphatic carbocycles. The zero-order chi connectivity index (χ0) is 17.6. The Bertz CT molecular complexity index is 859. The van der Waals surface area contributed by atoms with Crippen molar-refractivity contribution in [1.29, 1.82) is 0 Å². The Morgan fingerprint density at radius 1 is 1.16 bits per heavy atom. The van der Waals surface area contributed by atoms with E-state index in [1.54, 1.807) is 7.11 Å². The molecule has 0 unspecified atom stereocenters. The molecule has 1 aromatic heterocycles. The lowest BCUT2D eigenvalue weighted by molar-refractivity contribution is -0.123. The third-order valence-electron chi connectivity index (χ3n) is 3.96. The number of ether oxygens (including phenoxy) is 2. The van der Waals surface area contributed by atoms with Crippen molar-refractivity contribution in [3.05, 3.63) is 54.4 Å². The maximum absolute atomic E-state index is 11.9. The molecule has 3 aromatic rings. The fourth-order valence-electron chi connectivity index (χ4n) is 2.61. The van der Waals surface area contributed by atoms with Crippen molar-refractivity contribution in [3.8, 4) is 11.5 Å². The molecular formula is C19H21N3O3. The number of fused-ring (bicyclic) bond motifs is 1. The number of amides is 1. The van der Waals surface area contributed by atoms with Crippen molar-refractivity contribution in [3.63, 3.8) is 0 Å². The van der Waals surface area contributed by atoms with Crippen molar-refractivity contribution in [1.82, 2.24) is 14.9 Å². The number of aromatic nitrogens is 2. The van der Waals surface area contributed by atoms with E-state index in [1.165, 1.54) is 0 Å². The number of para-hydroxylation sites is 1. The lowest BCUT2D eigenvalue weighted by atomic mass is 10.3. The fourth-order valence-corrected chi connectivity index (χ4v) is 2.61. The summed E-state index contributed by atoms with van der Waals surface area (Å²) < 4.78 is 12.7. The monoisotopic (exact) mass is 339 g/mol. The van der Waals surface area contributed by atoms with Gasteiger partial charge in [-0.25, -0.2) is 4.98 Å². The van der Waals surface area contributed by atoms with Gasteiger partial charge < -0.3 is 19.4 Å². The average Bonchev–Trinajstić information content (AvgIpc) is 2.96. The molecule has 6 nitrogen and oxygen atoms in total. The smallest absolute Gasteiger partial charge is 0.257 e. The van der Waals surface area contributed by atoms with Crippen LogP contribution in [0, 0.1) is 0 Å². The average molecular weight is 339 g/mol. The molecular weight excluding hydrogens is 318 g/mol. The number of hydrogen-bond donors (Lipinski definition) is 1. The van der Waals surface area contributed by atoms with Crippen LogP contribution in [0.25, 0.3) is 11.0 Å². The first-order valence-electron chi connectivity index (χ1n) is 8.11. The number of nitrogens with one attached hydrogen (secondary N) is 1. The summed E-state index contributed by atoms with van der Waals surface area (Å²) in [5.74, 6) is 2.22. The molecule has 0 aliphatic rings. The number of methoxy groups -OCH3 is 1. The van der Waals surface area contributed by atoms with Gasteiger partial charge in [-0.05, 0) is 24.3 Å². The predicted molar refractivity (Wildman–Crippen MR) is 95.9 cm³/mol. The third kappa shape index (κ3) is 4.09. The first kappa shape index (κ1) is 16.8. The Morgan fingerprint density at radius 3 is 2.72 bits per heavy atom. The standard InChI is InChI=1S/C19H21N3O3/c1-22-17-9-8-15(24-2)12-16(17)21-18(22)10-11-20-19(23)13-25-14-6-4-3-5-7-14/h3-9,12H,10-11,13H2,1-2H3,(H,20,23). The maximum atomic E-state index is 11.9. The van der Waals surface area contributed by atoms with E-state index in [0.29, 0.717) is 18.7 Å². The molecule has 0 spiro atoms. The second-order valence-corrected chi connectivity index (χ2v) is 5.64. The van der Waals surface area contributed by atoms with Crippen LogP contribution in [0.15, 0.2) is 48.5 Å². The lowest BCUT2D eigenvalue weighted by Crippen LogP contribution is -2.31. The van der Waals surface area contributed by atoms with E-state index < -0.39 is 0 Å². The normalized spacial score (nSPS) is 10.6. The number of rotatable bonds is 7. The Hall–Kier alpha value is -3.02. The number of carbonyl (C=O) groups is 1. The summed E-state index contributed by atoms with van der Waals surface area (Å²) in [4.78, 5) is 16.5. The molecule has 1 amide bonds. The Labute approximate surface area is 146 Å². The molecule has 0 radical (unpaired) electrons. The van der Waals surface area contributed by atoms with E-state index in [0.717, 1.165) is 22.6 Å². The molecule has 2 aromatic carbocycles. The SMILES string of the molecule is COc1ccc2c(c1)nc(CCNC(=O)COc1ccccc1)n2C. The van der Waals surface area contributed by atoms with Gasteiger partial charge in [0, 0.05) is 26.1 Å². The van der Waals surface area contributed by atoms with Gasteiger partial charge in [-0.2, -0.15) is 0 Å². The van der Waals surface area contributed by atoms with Crippen LogP contribution in [0.4, 0.5) is 0 Å². The molecule has 0 atom stereocenters. The van der Waals surface area contributed by atoms with Gasteiger partial charge in [0.15, 0.2) is 6.61 Å². The molecule has 1 N–H and O–H groups in total. The van der Waals surface area contributed by atoms with Crippen LogP contribution in [0.1, 0.15) is 5.82 Å².